The molecule has 0 atom stereocenters. The third-order valence-corrected chi connectivity index (χ3v) is 1.82. The first-order valence-electron chi connectivity index (χ1n) is 4.33. The van der Waals surface area contributed by atoms with Crippen molar-refractivity contribution < 1.29 is 9.72 Å². The molecule has 1 amide bonds. The Bertz CT molecular complexity index is 361. The molecule has 0 aliphatic rings. The Labute approximate surface area is 86.2 Å². The van der Waals surface area contributed by atoms with Crippen molar-refractivity contribution in [1.29, 1.82) is 0 Å². The lowest BCUT2D eigenvalue weighted by molar-refractivity contribution is -0.384. The van der Waals surface area contributed by atoms with Crippen LogP contribution in [0, 0.1) is 10.1 Å². The number of amides is 1. The summed E-state index contributed by atoms with van der Waals surface area (Å²) in [5.41, 5.74) is 5.92. The molecule has 0 unspecified atom stereocenters. The van der Waals surface area contributed by atoms with Gasteiger partial charge in [0.1, 0.15) is 0 Å². The van der Waals surface area contributed by atoms with Gasteiger partial charge in [0.25, 0.3) is 5.69 Å². The van der Waals surface area contributed by atoms with E-state index in [1.165, 1.54) is 12.1 Å². The molecule has 80 valence electrons. The molecule has 6 heteroatoms. The van der Waals surface area contributed by atoms with Crippen LogP contribution in [0.1, 0.15) is 5.56 Å². The van der Waals surface area contributed by atoms with Crippen molar-refractivity contribution in [3.8, 4) is 0 Å². The van der Waals surface area contributed by atoms with Crippen molar-refractivity contribution in [3.05, 3.63) is 39.9 Å². The van der Waals surface area contributed by atoms with Crippen molar-refractivity contribution in [1.82, 2.24) is 5.32 Å². The van der Waals surface area contributed by atoms with Crippen LogP contribution in [0.4, 0.5) is 5.69 Å². The minimum absolute atomic E-state index is 0.0314. The molecule has 0 aliphatic heterocycles. The molecule has 0 fully saturated rings. The molecule has 6 nitrogen and oxygen atoms in total. The first-order chi connectivity index (χ1) is 7.13. The van der Waals surface area contributed by atoms with Gasteiger partial charge >= 0.3 is 0 Å². The maximum Gasteiger partial charge on any atom is 0.269 e. The minimum atomic E-state index is -0.470. The van der Waals surface area contributed by atoms with Gasteiger partial charge in [0.15, 0.2) is 0 Å². The van der Waals surface area contributed by atoms with Gasteiger partial charge in [0.05, 0.1) is 11.5 Å². The average molecular weight is 209 g/mol. The highest BCUT2D eigenvalue weighted by Gasteiger charge is 2.04. The fraction of sp³-hybridized carbons (Fsp3) is 0.222. The Balaban J connectivity index is 2.57. The first kappa shape index (κ1) is 11.1. The number of nitro benzene ring substituents is 1. The standard InChI is InChI=1S/C9H11N3O3/c10-5-9(13)11-6-7-1-3-8(4-2-7)12(14)15/h1-4H,5-6,10H2,(H,11,13). The van der Waals surface area contributed by atoms with E-state index in [2.05, 4.69) is 5.32 Å². The molecule has 1 rings (SSSR count). The van der Waals surface area contributed by atoms with E-state index in [4.69, 9.17) is 5.73 Å². The average Bonchev–Trinajstić information content (AvgIpc) is 2.26. The largest absolute Gasteiger partial charge is 0.351 e. The van der Waals surface area contributed by atoms with Crippen molar-refractivity contribution in [2.75, 3.05) is 6.54 Å². The molecule has 0 heterocycles. The van der Waals surface area contributed by atoms with Crippen LogP contribution in [0.3, 0.4) is 0 Å². The molecule has 15 heavy (non-hydrogen) atoms. The number of nitrogens with zero attached hydrogens (tertiary/aromatic N) is 1. The molecule has 1 aromatic rings. The molecule has 0 bridgehead atoms. The highest BCUT2D eigenvalue weighted by atomic mass is 16.6. The van der Waals surface area contributed by atoms with Crippen LogP contribution in [0.25, 0.3) is 0 Å². The van der Waals surface area contributed by atoms with Gasteiger partial charge in [0.2, 0.25) is 5.91 Å². The van der Waals surface area contributed by atoms with E-state index in [9.17, 15) is 14.9 Å². The summed E-state index contributed by atoms with van der Waals surface area (Å²) in [7, 11) is 0. The Kier molecular flexibility index (Phi) is 3.75. The highest BCUT2D eigenvalue weighted by Crippen LogP contribution is 2.11. The fourth-order valence-electron chi connectivity index (χ4n) is 1.01. The van der Waals surface area contributed by atoms with Gasteiger partial charge in [-0.3, -0.25) is 14.9 Å². The summed E-state index contributed by atoms with van der Waals surface area (Å²) in [5.74, 6) is -0.256. The SMILES string of the molecule is NCC(=O)NCc1ccc([N+](=O)[O-])cc1. The Morgan fingerprint density at radius 1 is 1.40 bits per heavy atom. The number of benzene rings is 1. The normalized spacial score (nSPS) is 9.67. The van der Waals surface area contributed by atoms with Crippen LogP contribution in [-0.2, 0) is 11.3 Å². The van der Waals surface area contributed by atoms with Crippen LogP contribution in [0.2, 0.25) is 0 Å². The molecular weight excluding hydrogens is 198 g/mol. The second-order valence-corrected chi connectivity index (χ2v) is 2.90. The lowest BCUT2D eigenvalue weighted by atomic mass is 10.2. The van der Waals surface area contributed by atoms with Crippen molar-refractivity contribution in [2.24, 2.45) is 5.73 Å². The van der Waals surface area contributed by atoms with Crippen molar-refractivity contribution >= 4 is 11.6 Å². The molecule has 0 saturated carbocycles. The monoisotopic (exact) mass is 209 g/mol. The number of carbonyl (C=O) groups is 1. The van der Waals surface area contributed by atoms with Gasteiger partial charge in [-0.05, 0) is 5.56 Å². The zero-order chi connectivity index (χ0) is 11.3. The van der Waals surface area contributed by atoms with Crippen molar-refractivity contribution in [2.45, 2.75) is 6.54 Å². The summed E-state index contributed by atoms with van der Waals surface area (Å²) in [4.78, 5) is 20.7. The maximum absolute atomic E-state index is 10.8. The van der Waals surface area contributed by atoms with Gasteiger partial charge in [-0.15, -0.1) is 0 Å². The molecule has 0 aliphatic carbocycles. The third-order valence-electron chi connectivity index (χ3n) is 1.82. The molecular formula is C9H11N3O3. The summed E-state index contributed by atoms with van der Waals surface area (Å²) in [6.07, 6.45) is 0. The molecule has 1 aromatic carbocycles. The van der Waals surface area contributed by atoms with Crippen molar-refractivity contribution in [3.63, 3.8) is 0 Å². The van der Waals surface area contributed by atoms with Gasteiger partial charge < -0.3 is 11.1 Å². The number of carbonyl (C=O) groups excluding carboxylic acids is 1. The quantitative estimate of drug-likeness (QED) is 0.545. The second kappa shape index (κ2) is 5.06. The van der Waals surface area contributed by atoms with Crippen LogP contribution >= 0.6 is 0 Å². The maximum atomic E-state index is 10.8. The van der Waals surface area contributed by atoms with E-state index in [0.29, 0.717) is 6.54 Å². The zero-order valence-corrected chi connectivity index (χ0v) is 7.97. The summed E-state index contributed by atoms with van der Waals surface area (Å²) < 4.78 is 0. The Hall–Kier alpha value is -1.95. The van der Waals surface area contributed by atoms with Gasteiger partial charge in [-0.1, -0.05) is 12.1 Å². The van der Waals surface area contributed by atoms with E-state index in [0.717, 1.165) is 5.56 Å². The highest BCUT2D eigenvalue weighted by molar-refractivity contribution is 5.77. The Morgan fingerprint density at radius 3 is 2.47 bits per heavy atom. The zero-order valence-electron chi connectivity index (χ0n) is 7.97. The third kappa shape index (κ3) is 3.35. The Morgan fingerprint density at radius 2 is 2.00 bits per heavy atom. The number of nitrogens with one attached hydrogen (secondary N) is 1. The van der Waals surface area contributed by atoms with E-state index < -0.39 is 4.92 Å². The molecule has 0 saturated heterocycles. The number of rotatable bonds is 4. The molecule has 0 radical (unpaired) electrons. The van der Waals surface area contributed by atoms with E-state index in [-0.39, 0.29) is 18.1 Å². The predicted octanol–water partition coefficient (Wildman–Crippen LogP) is 0.170. The van der Waals surface area contributed by atoms with E-state index in [1.807, 2.05) is 0 Å². The number of non-ortho nitro benzene ring substituents is 1. The summed E-state index contributed by atoms with van der Waals surface area (Å²) in [6, 6.07) is 5.97. The van der Waals surface area contributed by atoms with Gasteiger partial charge in [0, 0.05) is 18.7 Å². The summed E-state index contributed by atoms with van der Waals surface area (Å²) in [6.45, 7) is 0.265. The number of hydrogen-bond donors (Lipinski definition) is 2. The fourth-order valence-corrected chi connectivity index (χ4v) is 1.01. The lowest BCUT2D eigenvalue weighted by Crippen LogP contribution is -2.29. The summed E-state index contributed by atoms with van der Waals surface area (Å²) >= 11 is 0. The molecule has 0 aromatic heterocycles. The second-order valence-electron chi connectivity index (χ2n) is 2.90. The predicted molar refractivity (Wildman–Crippen MR) is 54.0 cm³/mol. The number of hydrogen-bond acceptors (Lipinski definition) is 4. The van der Waals surface area contributed by atoms with E-state index in [1.54, 1.807) is 12.1 Å². The topological polar surface area (TPSA) is 98.3 Å². The number of nitro groups is 1. The molecule has 0 spiro atoms. The van der Waals surface area contributed by atoms with Gasteiger partial charge in [-0.2, -0.15) is 0 Å². The van der Waals surface area contributed by atoms with Gasteiger partial charge in [-0.25, -0.2) is 0 Å². The first-order valence-corrected chi connectivity index (χ1v) is 4.33. The molecule has 3 N–H and O–H groups in total. The van der Waals surface area contributed by atoms with Crippen LogP contribution in [-0.4, -0.2) is 17.4 Å². The van der Waals surface area contributed by atoms with E-state index >= 15 is 0 Å². The van der Waals surface area contributed by atoms with Crippen LogP contribution in [0.5, 0.6) is 0 Å². The number of nitrogens with two attached hydrogens (primary N) is 1. The van der Waals surface area contributed by atoms with Crippen LogP contribution < -0.4 is 11.1 Å². The van der Waals surface area contributed by atoms with Crippen LogP contribution in [0.15, 0.2) is 24.3 Å². The summed E-state index contributed by atoms with van der Waals surface area (Å²) in [5, 5.41) is 12.9. The smallest absolute Gasteiger partial charge is 0.269 e. The lowest BCUT2D eigenvalue weighted by Gasteiger charge is -2.02. The minimum Gasteiger partial charge on any atom is -0.351 e.